The molecule has 118 valence electrons. The highest BCUT2D eigenvalue weighted by Crippen LogP contribution is 2.22. The third-order valence-corrected chi connectivity index (χ3v) is 4.17. The van der Waals surface area contributed by atoms with Crippen LogP contribution in [0.1, 0.15) is 13.8 Å². The Morgan fingerprint density at radius 1 is 1.36 bits per heavy atom. The molecule has 0 radical (unpaired) electrons. The van der Waals surface area contributed by atoms with E-state index >= 15 is 0 Å². The van der Waals surface area contributed by atoms with Gasteiger partial charge in [-0.25, -0.2) is 4.68 Å². The van der Waals surface area contributed by atoms with Crippen LogP contribution < -0.4 is 10.2 Å². The number of nitrogens with zero attached hydrogens (tertiary/aromatic N) is 5. The van der Waals surface area contributed by atoms with E-state index in [-0.39, 0.29) is 11.2 Å². The van der Waals surface area contributed by atoms with Crippen molar-refractivity contribution in [1.82, 2.24) is 20.2 Å². The molecule has 2 rings (SSSR count). The van der Waals surface area contributed by atoms with Crippen molar-refractivity contribution in [3.8, 4) is 0 Å². The summed E-state index contributed by atoms with van der Waals surface area (Å²) >= 11 is 1.34. The minimum Gasteiger partial charge on any atom is -0.378 e. The lowest BCUT2D eigenvalue weighted by Crippen LogP contribution is -2.23. The summed E-state index contributed by atoms with van der Waals surface area (Å²) in [6.45, 7) is 4.47. The normalized spacial score (nSPS) is 12.0. The number of aromatic nitrogens is 4. The average Bonchev–Trinajstić information content (AvgIpc) is 2.94. The van der Waals surface area contributed by atoms with Gasteiger partial charge in [-0.15, -0.1) is 5.10 Å². The summed E-state index contributed by atoms with van der Waals surface area (Å²) in [7, 11) is 3.95. The van der Waals surface area contributed by atoms with Gasteiger partial charge in [0.05, 0.1) is 5.25 Å². The van der Waals surface area contributed by atoms with Crippen molar-refractivity contribution in [3.05, 3.63) is 24.3 Å². The van der Waals surface area contributed by atoms with Gasteiger partial charge in [0.2, 0.25) is 11.1 Å². The van der Waals surface area contributed by atoms with Crippen molar-refractivity contribution >= 4 is 29.0 Å². The van der Waals surface area contributed by atoms with Crippen LogP contribution in [0, 0.1) is 0 Å². The van der Waals surface area contributed by atoms with Crippen molar-refractivity contribution < 1.29 is 4.79 Å². The third kappa shape index (κ3) is 3.97. The summed E-state index contributed by atoms with van der Waals surface area (Å²) in [5.41, 5.74) is 1.86. The van der Waals surface area contributed by atoms with Gasteiger partial charge in [-0.1, -0.05) is 11.8 Å². The van der Waals surface area contributed by atoms with Crippen LogP contribution in [-0.4, -0.2) is 45.5 Å². The number of hydrogen-bond donors (Lipinski definition) is 1. The second-order valence-electron chi connectivity index (χ2n) is 4.97. The maximum Gasteiger partial charge on any atom is 0.237 e. The van der Waals surface area contributed by atoms with Crippen LogP contribution in [-0.2, 0) is 11.3 Å². The zero-order valence-corrected chi connectivity index (χ0v) is 14.0. The molecule has 0 saturated heterocycles. The van der Waals surface area contributed by atoms with Crippen LogP contribution in [0.2, 0.25) is 0 Å². The summed E-state index contributed by atoms with van der Waals surface area (Å²) in [4.78, 5) is 14.2. The molecule has 0 fully saturated rings. The van der Waals surface area contributed by atoms with Gasteiger partial charge in [-0.2, -0.15) is 0 Å². The maximum atomic E-state index is 12.2. The number of anilines is 2. The first-order chi connectivity index (χ1) is 10.5. The van der Waals surface area contributed by atoms with Gasteiger partial charge in [-0.3, -0.25) is 4.79 Å². The van der Waals surface area contributed by atoms with Gasteiger partial charge in [0, 0.05) is 32.0 Å². The number of nitrogens with one attached hydrogen (secondary N) is 1. The summed E-state index contributed by atoms with van der Waals surface area (Å²) in [5.74, 6) is -0.0757. The van der Waals surface area contributed by atoms with Gasteiger partial charge in [-0.05, 0) is 48.5 Å². The predicted molar refractivity (Wildman–Crippen MR) is 88.2 cm³/mol. The zero-order valence-electron chi connectivity index (χ0n) is 13.1. The van der Waals surface area contributed by atoms with Crippen molar-refractivity contribution in [1.29, 1.82) is 0 Å². The minimum absolute atomic E-state index is 0.0757. The SMILES string of the molecule is CCn1nnnc1S[C@@H](C)C(=O)Nc1ccc(N(C)C)cc1. The van der Waals surface area contributed by atoms with Gasteiger partial charge >= 0.3 is 0 Å². The highest BCUT2D eigenvalue weighted by molar-refractivity contribution is 8.00. The van der Waals surface area contributed by atoms with E-state index in [4.69, 9.17) is 0 Å². The van der Waals surface area contributed by atoms with Gasteiger partial charge < -0.3 is 10.2 Å². The van der Waals surface area contributed by atoms with Crippen molar-refractivity contribution in [3.63, 3.8) is 0 Å². The number of carbonyl (C=O) groups is 1. The molecule has 1 aromatic carbocycles. The average molecular weight is 320 g/mol. The quantitative estimate of drug-likeness (QED) is 0.819. The number of hydrogen-bond acceptors (Lipinski definition) is 6. The monoisotopic (exact) mass is 320 g/mol. The summed E-state index contributed by atoms with van der Waals surface area (Å²) in [6.07, 6.45) is 0. The van der Waals surface area contributed by atoms with Crippen LogP contribution in [0.15, 0.2) is 29.4 Å². The Balaban J connectivity index is 1.96. The number of amides is 1. The number of carbonyl (C=O) groups excluding carboxylic acids is 1. The summed E-state index contributed by atoms with van der Waals surface area (Å²) < 4.78 is 1.67. The first kappa shape index (κ1) is 16.3. The molecule has 1 amide bonds. The molecule has 0 unspecified atom stereocenters. The lowest BCUT2D eigenvalue weighted by molar-refractivity contribution is -0.115. The molecule has 0 bridgehead atoms. The van der Waals surface area contributed by atoms with Crippen LogP contribution >= 0.6 is 11.8 Å². The van der Waals surface area contributed by atoms with Crippen LogP contribution in [0.25, 0.3) is 0 Å². The number of aryl methyl sites for hydroxylation is 1. The molecule has 0 saturated carbocycles. The number of thioether (sulfide) groups is 1. The van der Waals surface area contributed by atoms with E-state index in [1.807, 2.05) is 57.1 Å². The molecule has 1 aromatic heterocycles. The van der Waals surface area contributed by atoms with Crippen LogP contribution in [0.3, 0.4) is 0 Å². The van der Waals surface area contributed by atoms with E-state index in [1.165, 1.54) is 11.8 Å². The zero-order chi connectivity index (χ0) is 16.1. The van der Waals surface area contributed by atoms with Gasteiger partial charge in [0.1, 0.15) is 0 Å². The van der Waals surface area contributed by atoms with E-state index in [2.05, 4.69) is 20.8 Å². The number of tetrazole rings is 1. The fraction of sp³-hybridized carbons (Fsp3) is 0.429. The highest BCUT2D eigenvalue weighted by atomic mass is 32.2. The first-order valence-electron chi connectivity index (χ1n) is 7.02. The van der Waals surface area contributed by atoms with E-state index in [1.54, 1.807) is 4.68 Å². The van der Waals surface area contributed by atoms with E-state index in [0.29, 0.717) is 11.7 Å². The fourth-order valence-corrected chi connectivity index (χ4v) is 2.63. The molecule has 0 spiro atoms. The highest BCUT2D eigenvalue weighted by Gasteiger charge is 2.18. The third-order valence-electron chi connectivity index (χ3n) is 3.10. The predicted octanol–water partition coefficient (Wildman–Crippen LogP) is 1.88. The van der Waals surface area contributed by atoms with Crippen LogP contribution in [0.5, 0.6) is 0 Å². The largest absolute Gasteiger partial charge is 0.378 e. The molecule has 8 heteroatoms. The molecule has 0 aliphatic carbocycles. The molecule has 1 heterocycles. The van der Waals surface area contributed by atoms with Gasteiger partial charge in [0.15, 0.2) is 0 Å². The van der Waals surface area contributed by atoms with Crippen molar-refractivity contribution in [2.45, 2.75) is 30.8 Å². The molecule has 1 N–H and O–H groups in total. The molecular formula is C14H20N6OS. The van der Waals surface area contributed by atoms with E-state index in [9.17, 15) is 4.79 Å². The minimum atomic E-state index is -0.287. The standard InChI is InChI=1S/C14H20N6OS/c1-5-20-14(16-17-18-20)22-10(2)13(21)15-11-6-8-12(9-7-11)19(3)4/h6-10H,5H2,1-4H3,(H,15,21)/t10-/m0/s1. The second kappa shape index (κ2) is 7.26. The Hall–Kier alpha value is -2.09. The molecule has 1 atom stereocenters. The lowest BCUT2D eigenvalue weighted by Gasteiger charge is -2.14. The van der Waals surface area contributed by atoms with E-state index < -0.39 is 0 Å². The van der Waals surface area contributed by atoms with E-state index in [0.717, 1.165) is 11.4 Å². The summed E-state index contributed by atoms with van der Waals surface area (Å²) in [5, 5.41) is 14.7. The Morgan fingerprint density at radius 2 is 2.05 bits per heavy atom. The smallest absolute Gasteiger partial charge is 0.237 e. The molecular weight excluding hydrogens is 300 g/mol. The summed E-state index contributed by atoms with van der Waals surface area (Å²) in [6, 6.07) is 7.71. The number of benzene rings is 1. The topological polar surface area (TPSA) is 75.9 Å². The fourth-order valence-electron chi connectivity index (χ4n) is 1.78. The molecule has 2 aromatic rings. The van der Waals surface area contributed by atoms with Gasteiger partial charge in [0.25, 0.3) is 0 Å². The molecule has 0 aliphatic rings. The molecule has 0 aliphatic heterocycles. The maximum absolute atomic E-state index is 12.2. The molecule has 7 nitrogen and oxygen atoms in total. The second-order valence-corrected chi connectivity index (χ2v) is 6.28. The number of rotatable bonds is 6. The Bertz CT molecular complexity index is 625. The first-order valence-corrected chi connectivity index (χ1v) is 7.90. The lowest BCUT2D eigenvalue weighted by atomic mass is 10.2. The Morgan fingerprint density at radius 3 is 2.64 bits per heavy atom. The Labute approximate surface area is 134 Å². The van der Waals surface area contributed by atoms with Crippen molar-refractivity contribution in [2.24, 2.45) is 0 Å². The van der Waals surface area contributed by atoms with Crippen LogP contribution in [0.4, 0.5) is 11.4 Å². The molecule has 22 heavy (non-hydrogen) atoms. The van der Waals surface area contributed by atoms with Crippen molar-refractivity contribution in [2.75, 3.05) is 24.3 Å². The Kier molecular flexibility index (Phi) is 5.37.